The number of carbonyl (C=O) groups excluding carboxylic acids is 1. The summed E-state index contributed by atoms with van der Waals surface area (Å²) in [7, 11) is 3.98. The minimum Gasteiger partial charge on any atom is -0.357 e. The van der Waals surface area contributed by atoms with Crippen molar-refractivity contribution in [2.24, 2.45) is 4.99 Å². The number of benzene rings is 1. The highest BCUT2D eigenvalue weighted by Crippen LogP contribution is 2.17. The number of carbonyl (C=O) groups is 1. The van der Waals surface area contributed by atoms with E-state index in [4.69, 9.17) is 0 Å². The van der Waals surface area contributed by atoms with Crippen molar-refractivity contribution >= 4 is 11.9 Å². The number of nitrogens with zero attached hydrogens (tertiary/aromatic N) is 2. The zero-order chi connectivity index (χ0) is 18.8. The van der Waals surface area contributed by atoms with Crippen LogP contribution >= 0.6 is 0 Å². The van der Waals surface area contributed by atoms with Gasteiger partial charge in [0.15, 0.2) is 5.96 Å². The van der Waals surface area contributed by atoms with Gasteiger partial charge in [-0.2, -0.15) is 0 Å². The molecule has 1 aliphatic rings. The molecule has 1 aromatic carbocycles. The molecule has 0 aliphatic heterocycles. The van der Waals surface area contributed by atoms with Gasteiger partial charge in [0, 0.05) is 31.2 Å². The number of amides is 1. The maximum Gasteiger partial charge on any atom is 0.251 e. The van der Waals surface area contributed by atoms with Crippen LogP contribution in [-0.4, -0.2) is 56.5 Å². The lowest BCUT2D eigenvalue weighted by Crippen LogP contribution is -2.42. The molecule has 0 atom stereocenters. The predicted molar refractivity (Wildman–Crippen MR) is 108 cm³/mol. The molecule has 0 heterocycles. The van der Waals surface area contributed by atoms with Gasteiger partial charge in [0.1, 0.15) is 0 Å². The molecule has 0 saturated heterocycles. The Kier molecular flexibility index (Phi) is 8.41. The lowest BCUT2D eigenvalue weighted by molar-refractivity contribution is 0.0951. The fourth-order valence-corrected chi connectivity index (χ4v) is 3.06. The first-order chi connectivity index (χ1) is 12.6. The van der Waals surface area contributed by atoms with Gasteiger partial charge in [-0.05, 0) is 51.6 Å². The molecule has 0 aromatic heterocycles. The van der Waals surface area contributed by atoms with Crippen molar-refractivity contribution in [3.63, 3.8) is 0 Å². The van der Waals surface area contributed by atoms with Crippen molar-refractivity contribution in [3.8, 4) is 0 Å². The van der Waals surface area contributed by atoms with E-state index < -0.39 is 0 Å². The Morgan fingerprint density at radius 3 is 2.69 bits per heavy atom. The molecule has 1 amide bonds. The van der Waals surface area contributed by atoms with Gasteiger partial charge in [-0.15, -0.1) is 0 Å². The fraction of sp³-hybridized carbons (Fsp3) is 0.600. The van der Waals surface area contributed by atoms with Crippen LogP contribution in [0.4, 0.5) is 0 Å². The minimum atomic E-state index is -0.0336. The molecule has 1 fully saturated rings. The van der Waals surface area contributed by atoms with Crippen LogP contribution in [0.25, 0.3) is 0 Å². The number of rotatable bonds is 8. The Bertz CT molecular complexity index is 594. The second-order valence-electron chi connectivity index (χ2n) is 7.08. The molecule has 0 radical (unpaired) electrons. The second-order valence-corrected chi connectivity index (χ2v) is 7.08. The molecule has 26 heavy (non-hydrogen) atoms. The molecule has 6 nitrogen and oxygen atoms in total. The van der Waals surface area contributed by atoms with Gasteiger partial charge in [0.05, 0.1) is 6.54 Å². The van der Waals surface area contributed by atoms with Crippen LogP contribution in [0.5, 0.6) is 0 Å². The Morgan fingerprint density at radius 1 is 1.23 bits per heavy atom. The van der Waals surface area contributed by atoms with Gasteiger partial charge >= 0.3 is 0 Å². The number of hydrogen-bond acceptors (Lipinski definition) is 3. The summed E-state index contributed by atoms with van der Waals surface area (Å²) in [6.07, 6.45) is 5.02. The molecule has 3 N–H and O–H groups in total. The smallest absolute Gasteiger partial charge is 0.251 e. The van der Waals surface area contributed by atoms with Crippen molar-refractivity contribution in [1.82, 2.24) is 20.9 Å². The number of hydrogen-bond donors (Lipinski definition) is 3. The van der Waals surface area contributed by atoms with Crippen molar-refractivity contribution in [1.29, 1.82) is 0 Å². The largest absolute Gasteiger partial charge is 0.357 e. The van der Waals surface area contributed by atoms with E-state index >= 15 is 0 Å². The first-order valence-electron chi connectivity index (χ1n) is 9.65. The van der Waals surface area contributed by atoms with Crippen molar-refractivity contribution in [2.45, 2.75) is 45.2 Å². The Hall–Kier alpha value is -2.08. The first kappa shape index (κ1) is 20.2. The molecule has 1 saturated carbocycles. The second kappa shape index (κ2) is 10.8. The Labute approximate surface area is 157 Å². The van der Waals surface area contributed by atoms with Crippen molar-refractivity contribution in [2.75, 3.05) is 33.7 Å². The van der Waals surface area contributed by atoms with Crippen LogP contribution in [0.15, 0.2) is 29.3 Å². The summed E-state index contributed by atoms with van der Waals surface area (Å²) in [5, 5.41) is 9.78. The summed E-state index contributed by atoms with van der Waals surface area (Å²) < 4.78 is 0. The van der Waals surface area contributed by atoms with E-state index in [1.807, 2.05) is 43.3 Å². The number of likely N-dealkylation sites (N-methyl/N-ethyl adjacent to an activating group) is 1. The fourth-order valence-electron chi connectivity index (χ4n) is 3.06. The van der Waals surface area contributed by atoms with E-state index in [-0.39, 0.29) is 5.91 Å². The van der Waals surface area contributed by atoms with Crippen LogP contribution in [-0.2, 0) is 6.54 Å². The summed E-state index contributed by atoms with van der Waals surface area (Å²) in [4.78, 5) is 19.0. The summed E-state index contributed by atoms with van der Waals surface area (Å²) in [5.74, 6) is 0.828. The zero-order valence-corrected chi connectivity index (χ0v) is 16.3. The third-order valence-corrected chi connectivity index (χ3v) is 4.49. The average Bonchev–Trinajstić information content (AvgIpc) is 3.13. The first-order valence-corrected chi connectivity index (χ1v) is 9.65. The van der Waals surface area contributed by atoms with Crippen LogP contribution in [0.1, 0.15) is 48.5 Å². The van der Waals surface area contributed by atoms with Crippen LogP contribution < -0.4 is 16.0 Å². The topological polar surface area (TPSA) is 68.8 Å². The van der Waals surface area contributed by atoms with Gasteiger partial charge in [-0.3, -0.25) is 4.79 Å². The molecule has 0 bridgehead atoms. The monoisotopic (exact) mass is 359 g/mol. The Balaban J connectivity index is 1.93. The van der Waals surface area contributed by atoms with Crippen LogP contribution in [0, 0.1) is 0 Å². The third kappa shape index (κ3) is 7.04. The molecular formula is C20H33N5O. The molecule has 1 aromatic rings. The number of aliphatic imine (C=N–C) groups is 1. The molecule has 2 rings (SSSR count). The molecule has 1 aliphatic carbocycles. The van der Waals surface area contributed by atoms with E-state index in [0.717, 1.165) is 24.6 Å². The SMILES string of the molecule is CCNC(=NCc1cccc(C(=O)NCCN(C)C)c1)NC1CCCC1. The molecular weight excluding hydrogens is 326 g/mol. The van der Waals surface area contributed by atoms with Crippen molar-refractivity contribution in [3.05, 3.63) is 35.4 Å². The summed E-state index contributed by atoms with van der Waals surface area (Å²) in [6, 6.07) is 8.23. The normalized spacial score (nSPS) is 15.3. The third-order valence-electron chi connectivity index (χ3n) is 4.49. The quantitative estimate of drug-likeness (QED) is 0.490. The molecule has 6 heteroatoms. The van der Waals surface area contributed by atoms with Gasteiger partial charge in [0.2, 0.25) is 0 Å². The minimum absolute atomic E-state index is 0.0336. The molecule has 144 valence electrons. The summed E-state index contributed by atoms with van der Waals surface area (Å²) in [5.41, 5.74) is 1.72. The van der Waals surface area contributed by atoms with E-state index in [9.17, 15) is 4.79 Å². The predicted octanol–water partition coefficient (Wildman–Crippen LogP) is 1.98. The van der Waals surface area contributed by atoms with Gasteiger partial charge in [0.25, 0.3) is 5.91 Å². The van der Waals surface area contributed by atoms with Crippen LogP contribution in [0.2, 0.25) is 0 Å². The number of nitrogens with one attached hydrogen (secondary N) is 3. The standard InChI is InChI=1S/C20H33N5O/c1-4-21-20(24-18-10-5-6-11-18)23-15-16-8-7-9-17(14-16)19(26)22-12-13-25(2)3/h7-9,14,18H,4-6,10-13,15H2,1-3H3,(H,22,26)(H2,21,23,24). The zero-order valence-electron chi connectivity index (χ0n) is 16.3. The highest BCUT2D eigenvalue weighted by Gasteiger charge is 2.15. The van der Waals surface area contributed by atoms with E-state index in [1.54, 1.807) is 0 Å². The lowest BCUT2D eigenvalue weighted by Gasteiger charge is -2.16. The maximum absolute atomic E-state index is 12.3. The van der Waals surface area contributed by atoms with Crippen molar-refractivity contribution < 1.29 is 4.79 Å². The van der Waals surface area contributed by atoms with Crippen LogP contribution in [0.3, 0.4) is 0 Å². The highest BCUT2D eigenvalue weighted by molar-refractivity contribution is 5.94. The summed E-state index contributed by atoms with van der Waals surface area (Å²) in [6.45, 7) is 4.94. The summed E-state index contributed by atoms with van der Waals surface area (Å²) >= 11 is 0. The number of guanidine groups is 1. The average molecular weight is 360 g/mol. The Morgan fingerprint density at radius 2 is 2.00 bits per heavy atom. The van der Waals surface area contributed by atoms with Gasteiger partial charge in [-0.25, -0.2) is 4.99 Å². The van der Waals surface area contributed by atoms with Gasteiger partial charge in [-0.1, -0.05) is 25.0 Å². The van der Waals surface area contributed by atoms with Gasteiger partial charge < -0.3 is 20.9 Å². The molecule has 0 spiro atoms. The van der Waals surface area contributed by atoms with E-state index in [1.165, 1.54) is 25.7 Å². The van der Waals surface area contributed by atoms with E-state index in [0.29, 0.717) is 24.7 Å². The van der Waals surface area contributed by atoms with E-state index in [2.05, 4.69) is 27.9 Å². The highest BCUT2D eigenvalue weighted by atomic mass is 16.1. The lowest BCUT2D eigenvalue weighted by atomic mass is 10.1. The molecule has 0 unspecified atom stereocenters. The maximum atomic E-state index is 12.3.